The molecule has 164 valence electrons. The zero-order valence-electron chi connectivity index (χ0n) is 17.9. The van der Waals surface area contributed by atoms with E-state index in [0.29, 0.717) is 35.6 Å². The quantitative estimate of drug-likeness (QED) is 0.532. The van der Waals surface area contributed by atoms with Crippen LogP contribution in [0.2, 0.25) is 0 Å². The maximum absolute atomic E-state index is 13.9. The molecular formula is C24H23FN4O3. The standard InChI is InChI=1S/C24H23FN4O3/c1-13-3-6-19-17(11-13)27-23(32-19)14-7-9-29(10-8-14)21-16-5-4-15(25)12-18(16)28(2)24(31)20(21)22(26)30/h3-6,11-12,14H,7-10H2,1-2H3,(H2,26,30). The molecule has 1 aliphatic rings. The van der Waals surface area contributed by atoms with Crippen LogP contribution in [0.1, 0.15) is 40.6 Å². The predicted octanol–water partition coefficient (Wildman–Crippen LogP) is 3.61. The van der Waals surface area contributed by atoms with Gasteiger partial charge in [0.05, 0.1) is 11.2 Å². The first-order valence-electron chi connectivity index (χ1n) is 10.6. The van der Waals surface area contributed by atoms with Gasteiger partial charge in [0.15, 0.2) is 11.5 Å². The van der Waals surface area contributed by atoms with Crippen molar-refractivity contribution in [2.75, 3.05) is 18.0 Å². The molecule has 2 N–H and O–H groups in total. The van der Waals surface area contributed by atoms with Crippen molar-refractivity contribution < 1.29 is 13.6 Å². The Morgan fingerprint density at radius 3 is 2.66 bits per heavy atom. The molecule has 0 unspecified atom stereocenters. The highest BCUT2D eigenvalue weighted by Gasteiger charge is 2.29. The molecule has 32 heavy (non-hydrogen) atoms. The van der Waals surface area contributed by atoms with E-state index in [9.17, 15) is 14.0 Å². The third-order valence-corrected chi connectivity index (χ3v) is 6.30. The van der Waals surface area contributed by atoms with Crippen LogP contribution >= 0.6 is 0 Å². The van der Waals surface area contributed by atoms with Gasteiger partial charge in [0.2, 0.25) is 0 Å². The summed E-state index contributed by atoms with van der Waals surface area (Å²) in [6, 6.07) is 10.2. The number of pyridine rings is 1. The number of anilines is 1. The van der Waals surface area contributed by atoms with Crippen LogP contribution < -0.4 is 16.2 Å². The number of carbonyl (C=O) groups is 1. The Labute approximate surface area is 183 Å². The molecule has 2 aromatic carbocycles. The van der Waals surface area contributed by atoms with Gasteiger partial charge >= 0.3 is 0 Å². The first kappa shape index (κ1) is 20.2. The summed E-state index contributed by atoms with van der Waals surface area (Å²) < 4.78 is 21.2. The monoisotopic (exact) mass is 434 g/mol. The minimum atomic E-state index is -0.789. The number of fused-ring (bicyclic) bond motifs is 2. The van der Waals surface area contributed by atoms with Gasteiger partial charge in [-0.3, -0.25) is 9.59 Å². The fraction of sp³-hybridized carbons (Fsp3) is 0.292. The third kappa shape index (κ3) is 3.23. The van der Waals surface area contributed by atoms with Crippen molar-refractivity contribution in [3.05, 3.63) is 69.6 Å². The van der Waals surface area contributed by atoms with E-state index < -0.39 is 17.3 Å². The molecule has 5 rings (SSSR count). The van der Waals surface area contributed by atoms with E-state index in [2.05, 4.69) is 4.98 Å². The molecule has 8 heteroatoms. The van der Waals surface area contributed by atoms with Crippen molar-refractivity contribution in [2.45, 2.75) is 25.7 Å². The second-order valence-electron chi connectivity index (χ2n) is 8.40. The first-order chi connectivity index (χ1) is 15.3. The van der Waals surface area contributed by atoms with E-state index in [1.165, 1.54) is 23.7 Å². The van der Waals surface area contributed by atoms with E-state index >= 15 is 0 Å². The highest BCUT2D eigenvalue weighted by Crippen LogP contribution is 2.35. The number of primary amides is 1. The molecule has 0 saturated carbocycles. The zero-order chi connectivity index (χ0) is 22.6. The molecule has 1 amide bonds. The first-order valence-corrected chi connectivity index (χ1v) is 10.6. The molecule has 1 aliphatic heterocycles. The van der Waals surface area contributed by atoms with Crippen LogP contribution in [0.15, 0.2) is 45.6 Å². The van der Waals surface area contributed by atoms with Crippen molar-refractivity contribution in [1.29, 1.82) is 0 Å². The summed E-state index contributed by atoms with van der Waals surface area (Å²) in [4.78, 5) is 31.8. The van der Waals surface area contributed by atoms with Crippen LogP contribution in [-0.4, -0.2) is 28.5 Å². The van der Waals surface area contributed by atoms with Gasteiger partial charge in [-0.1, -0.05) is 6.07 Å². The normalized spacial score (nSPS) is 15.0. The van der Waals surface area contributed by atoms with E-state index in [1.54, 1.807) is 6.07 Å². The molecule has 2 aromatic heterocycles. The largest absolute Gasteiger partial charge is 0.440 e. The number of rotatable bonds is 3. The number of piperidine rings is 1. The van der Waals surface area contributed by atoms with Crippen molar-refractivity contribution in [2.24, 2.45) is 12.8 Å². The molecule has 0 atom stereocenters. The Kier molecular flexibility index (Phi) is 4.73. The second kappa shape index (κ2) is 7.47. The highest BCUT2D eigenvalue weighted by molar-refractivity contribution is 6.07. The van der Waals surface area contributed by atoms with Gasteiger partial charge in [0.25, 0.3) is 11.5 Å². The third-order valence-electron chi connectivity index (χ3n) is 6.30. The fourth-order valence-electron chi connectivity index (χ4n) is 4.63. The highest BCUT2D eigenvalue weighted by atomic mass is 19.1. The molecule has 7 nitrogen and oxygen atoms in total. The van der Waals surface area contributed by atoms with Crippen molar-refractivity contribution in [3.8, 4) is 0 Å². The number of oxazole rings is 1. The maximum Gasteiger partial charge on any atom is 0.265 e. The van der Waals surface area contributed by atoms with Crippen molar-refractivity contribution in [1.82, 2.24) is 9.55 Å². The molecule has 4 aromatic rings. The summed E-state index contributed by atoms with van der Waals surface area (Å²) in [5.41, 5.74) is 8.65. The molecule has 0 spiro atoms. The minimum absolute atomic E-state index is 0.0672. The zero-order valence-corrected chi connectivity index (χ0v) is 17.9. The summed E-state index contributed by atoms with van der Waals surface area (Å²) >= 11 is 0. The summed E-state index contributed by atoms with van der Waals surface area (Å²) in [6.45, 7) is 3.19. The average molecular weight is 434 g/mol. The number of carbonyl (C=O) groups excluding carboxylic acids is 1. The molecule has 0 radical (unpaired) electrons. The molecular weight excluding hydrogens is 411 g/mol. The lowest BCUT2D eigenvalue weighted by Crippen LogP contribution is -2.38. The molecule has 1 fully saturated rings. The smallest absolute Gasteiger partial charge is 0.265 e. The lowest BCUT2D eigenvalue weighted by atomic mass is 9.95. The number of nitrogens with two attached hydrogens (primary N) is 1. The Hall–Kier alpha value is -3.68. The van der Waals surface area contributed by atoms with Gasteiger partial charge < -0.3 is 19.6 Å². The molecule has 0 aliphatic carbocycles. The number of amides is 1. The van der Waals surface area contributed by atoms with Gasteiger partial charge in [-0.2, -0.15) is 0 Å². The number of aromatic nitrogens is 2. The second-order valence-corrected chi connectivity index (χ2v) is 8.40. The van der Waals surface area contributed by atoms with Gasteiger partial charge in [0, 0.05) is 31.4 Å². The van der Waals surface area contributed by atoms with Gasteiger partial charge in [0.1, 0.15) is 16.9 Å². The van der Waals surface area contributed by atoms with Gasteiger partial charge in [-0.15, -0.1) is 0 Å². The average Bonchev–Trinajstić information content (AvgIpc) is 3.19. The van der Waals surface area contributed by atoms with Crippen LogP contribution in [0.4, 0.5) is 10.1 Å². The molecule has 3 heterocycles. The van der Waals surface area contributed by atoms with E-state index in [0.717, 1.165) is 29.5 Å². The summed E-state index contributed by atoms with van der Waals surface area (Å²) in [5, 5.41) is 0.623. The van der Waals surface area contributed by atoms with Crippen LogP contribution in [0, 0.1) is 12.7 Å². The van der Waals surface area contributed by atoms with Crippen molar-refractivity contribution in [3.63, 3.8) is 0 Å². The summed E-state index contributed by atoms with van der Waals surface area (Å²) in [5.74, 6) is -0.402. The number of benzene rings is 2. The van der Waals surface area contributed by atoms with Crippen LogP contribution in [-0.2, 0) is 7.05 Å². The number of hydrogen-bond acceptors (Lipinski definition) is 5. The van der Waals surface area contributed by atoms with Gasteiger partial charge in [-0.05, 0) is 55.7 Å². The SMILES string of the molecule is Cc1ccc2oc(C3CCN(c4c(C(N)=O)c(=O)n(C)c5cc(F)ccc45)CC3)nc2c1. The number of nitrogens with zero attached hydrogens (tertiary/aromatic N) is 3. The van der Waals surface area contributed by atoms with Crippen LogP contribution in [0.25, 0.3) is 22.0 Å². The Balaban J connectivity index is 1.51. The predicted molar refractivity (Wildman–Crippen MR) is 121 cm³/mol. The maximum atomic E-state index is 13.9. The topological polar surface area (TPSA) is 94.4 Å². The van der Waals surface area contributed by atoms with Crippen LogP contribution in [0.3, 0.4) is 0 Å². The van der Waals surface area contributed by atoms with E-state index in [-0.39, 0.29) is 11.5 Å². The number of hydrogen-bond donors (Lipinski definition) is 1. The minimum Gasteiger partial charge on any atom is -0.440 e. The number of halogens is 1. The van der Waals surface area contributed by atoms with E-state index in [4.69, 9.17) is 10.2 Å². The lowest BCUT2D eigenvalue weighted by molar-refractivity contribution is 0.0999. The van der Waals surface area contributed by atoms with Crippen LogP contribution in [0.5, 0.6) is 0 Å². The fourth-order valence-corrected chi connectivity index (χ4v) is 4.63. The Bertz CT molecular complexity index is 1430. The summed E-state index contributed by atoms with van der Waals surface area (Å²) in [7, 11) is 1.52. The van der Waals surface area contributed by atoms with Crippen molar-refractivity contribution >= 4 is 33.6 Å². The number of aryl methyl sites for hydroxylation is 2. The lowest BCUT2D eigenvalue weighted by Gasteiger charge is -2.34. The molecule has 1 saturated heterocycles. The summed E-state index contributed by atoms with van der Waals surface area (Å²) in [6.07, 6.45) is 1.48. The van der Waals surface area contributed by atoms with E-state index in [1.807, 2.05) is 30.0 Å². The van der Waals surface area contributed by atoms with Gasteiger partial charge in [-0.25, -0.2) is 9.37 Å². The Morgan fingerprint density at radius 2 is 1.94 bits per heavy atom. The Morgan fingerprint density at radius 1 is 1.19 bits per heavy atom. The molecule has 0 bridgehead atoms.